The highest BCUT2D eigenvalue weighted by molar-refractivity contribution is 7.90. The van der Waals surface area contributed by atoms with Gasteiger partial charge in [-0.25, -0.2) is 17.5 Å². The minimum absolute atomic E-state index is 0.0164. The molecule has 0 unspecified atom stereocenters. The third-order valence-electron chi connectivity index (χ3n) is 16.9. The van der Waals surface area contributed by atoms with Gasteiger partial charge in [0.15, 0.2) is 0 Å². The number of pyridine rings is 1. The molecular weight excluding hydrogens is 956 g/mol. The summed E-state index contributed by atoms with van der Waals surface area (Å²) in [5.41, 5.74) is 3.90. The molecule has 1 amide bonds. The molecule has 5 aromatic rings. The number of nitrogens with one attached hydrogen (secondary N) is 3. The van der Waals surface area contributed by atoms with Gasteiger partial charge in [-0.05, 0) is 123 Å². The predicted octanol–water partition coefficient (Wildman–Crippen LogP) is 8.37. The molecule has 3 aromatic carbocycles. The number of anilines is 4. The van der Waals surface area contributed by atoms with Crippen molar-refractivity contribution in [2.24, 2.45) is 11.3 Å². The Labute approximate surface area is 425 Å². The van der Waals surface area contributed by atoms with Crippen LogP contribution >= 0.6 is 0 Å². The monoisotopic (exact) mass is 1020 g/mol. The molecule has 4 aliphatic heterocycles. The first-order valence-corrected chi connectivity index (χ1v) is 27.4. The van der Waals surface area contributed by atoms with Gasteiger partial charge in [0.05, 0.1) is 51.3 Å². The summed E-state index contributed by atoms with van der Waals surface area (Å²) in [6, 6.07) is 19.4. The number of fused-ring (bicyclic) bond motifs is 3. The number of halogens is 1. The molecule has 5 fully saturated rings. The number of sulfonamides is 1. The molecule has 0 radical (unpaired) electrons. The van der Waals surface area contributed by atoms with Gasteiger partial charge in [-0.2, -0.15) is 4.98 Å². The number of nitrogens with zero attached hydrogens (tertiary/aromatic N) is 5. The van der Waals surface area contributed by atoms with Crippen molar-refractivity contribution in [1.29, 1.82) is 0 Å². The fourth-order valence-electron chi connectivity index (χ4n) is 12.6. The van der Waals surface area contributed by atoms with E-state index in [1.165, 1.54) is 29.5 Å². The number of ether oxygens (including phenoxy) is 3. The maximum Gasteiger partial charge on any atom is 0.293 e. The van der Waals surface area contributed by atoms with E-state index < -0.39 is 55.0 Å². The number of H-pyrrole nitrogens is 1. The minimum atomic E-state index is -4.68. The normalized spacial score (nSPS) is 27.5. The maximum atomic E-state index is 15.3. The lowest BCUT2D eigenvalue weighted by Crippen LogP contribution is -2.60. The molecule has 3 saturated heterocycles. The van der Waals surface area contributed by atoms with Crippen LogP contribution in [0.2, 0.25) is 0 Å². The zero-order valence-corrected chi connectivity index (χ0v) is 42.5. The molecule has 2 aromatic heterocycles. The molecular formula is C54H65FN8O9S. The molecule has 2 aliphatic carbocycles. The third-order valence-corrected chi connectivity index (χ3v) is 18.2. The summed E-state index contributed by atoms with van der Waals surface area (Å²) in [6.07, 6.45) is 7.19. The Morgan fingerprint density at radius 2 is 1.74 bits per heavy atom. The standard InChI is InChI=1S/C54H65FN8O9S/c1-33(2)38-6-4-5-7-39(38)42-31-71-23-17-54(42)27-36(28-54)61-20-18-60(19-21-61)35-8-10-40(46(24-35)62-45-14-22-70-32-49(45)72-52-48(62)26-41-43(55)30-57-50(41)58-52)51(64)59-73(68,69)37-9-11-44(47(25-37)63(66)67)56-29-34-12-15-53(3,65)16-13-34/h4-11,24-26,30,33-34,36,42,45,49,56,65H,12-23,27-29,31-32H2,1-3H3,(H,57,58)(H,59,64)/t34?,36?,42-,45-,49-,53?,54?/m0/s1. The van der Waals surface area contributed by atoms with E-state index in [4.69, 9.17) is 14.2 Å². The Hall–Kier alpha value is -5.86. The Morgan fingerprint density at radius 3 is 2.51 bits per heavy atom. The minimum Gasteiger partial charge on any atom is -0.468 e. The average Bonchev–Trinajstić information content (AvgIpc) is 3.74. The fourth-order valence-corrected chi connectivity index (χ4v) is 13.6. The average molecular weight is 1020 g/mol. The number of nitro groups is 1. The number of aromatic amines is 1. The summed E-state index contributed by atoms with van der Waals surface area (Å²) < 4.78 is 64.3. The molecule has 6 aliphatic rings. The smallest absolute Gasteiger partial charge is 0.293 e. The van der Waals surface area contributed by atoms with Gasteiger partial charge >= 0.3 is 0 Å². The van der Waals surface area contributed by atoms with E-state index in [0.717, 1.165) is 70.2 Å². The second kappa shape index (κ2) is 19.4. The predicted molar refractivity (Wildman–Crippen MR) is 275 cm³/mol. The second-order valence-corrected chi connectivity index (χ2v) is 23.5. The van der Waals surface area contributed by atoms with Crippen molar-refractivity contribution in [3.8, 4) is 5.88 Å². The Bertz CT molecular complexity index is 3020. The largest absolute Gasteiger partial charge is 0.468 e. The van der Waals surface area contributed by atoms with Crippen molar-refractivity contribution in [3.63, 3.8) is 0 Å². The van der Waals surface area contributed by atoms with Gasteiger partial charge in [-0.3, -0.25) is 19.8 Å². The van der Waals surface area contributed by atoms with Crippen LogP contribution in [0.3, 0.4) is 0 Å². The molecule has 388 valence electrons. The Kier molecular flexibility index (Phi) is 13.1. The van der Waals surface area contributed by atoms with Gasteiger partial charge in [0.2, 0.25) is 5.88 Å². The van der Waals surface area contributed by atoms with Crippen molar-refractivity contribution in [2.45, 2.75) is 113 Å². The van der Waals surface area contributed by atoms with Crippen LogP contribution in [-0.2, 0) is 19.5 Å². The number of amides is 1. The molecule has 2 saturated carbocycles. The number of benzene rings is 3. The zero-order chi connectivity index (χ0) is 50.8. The van der Waals surface area contributed by atoms with Crippen LogP contribution in [0.5, 0.6) is 5.88 Å². The number of carbonyl (C=O) groups is 1. The van der Waals surface area contributed by atoms with Crippen LogP contribution in [0.4, 0.5) is 32.8 Å². The number of aliphatic hydroxyl groups is 1. The number of hydrogen-bond donors (Lipinski definition) is 4. The molecule has 3 atom stereocenters. The number of nitro benzene ring substituents is 1. The molecule has 19 heteroatoms. The lowest BCUT2D eigenvalue weighted by molar-refractivity contribution is -0.384. The first-order valence-electron chi connectivity index (χ1n) is 25.9. The molecule has 1 spiro atoms. The van der Waals surface area contributed by atoms with E-state index in [-0.39, 0.29) is 46.1 Å². The maximum absolute atomic E-state index is 15.3. The first kappa shape index (κ1) is 49.4. The number of carbonyl (C=O) groups excluding carboxylic acids is 1. The number of rotatable bonds is 12. The number of hydrogen-bond acceptors (Lipinski definition) is 14. The van der Waals surface area contributed by atoms with Gasteiger partial charge in [-0.15, -0.1) is 0 Å². The molecule has 0 bridgehead atoms. The quantitative estimate of drug-likeness (QED) is 0.0685. The van der Waals surface area contributed by atoms with Crippen LogP contribution in [0, 0.1) is 27.3 Å². The third kappa shape index (κ3) is 9.51. The van der Waals surface area contributed by atoms with Crippen LogP contribution in [0.15, 0.2) is 77.8 Å². The van der Waals surface area contributed by atoms with Gasteiger partial charge in [-0.1, -0.05) is 38.1 Å². The van der Waals surface area contributed by atoms with Crippen LogP contribution in [0.1, 0.15) is 105 Å². The molecule has 4 N–H and O–H groups in total. The van der Waals surface area contributed by atoms with Gasteiger partial charge in [0.25, 0.3) is 21.6 Å². The Balaban J connectivity index is 0.870. The zero-order valence-electron chi connectivity index (χ0n) is 41.6. The Morgan fingerprint density at radius 1 is 0.973 bits per heavy atom. The van der Waals surface area contributed by atoms with Crippen LogP contribution in [-0.4, -0.2) is 122 Å². The molecule has 11 rings (SSSR count). The van der Waals surface area contributed by atoms with E-state index in [0.29, 0.717) is 74.8 Å². The van der Waals surface area contributed by atoms with Crippen LogP contribution < -0.4 is 24.6 Å². The highest BCUT2D eigenvalue weighted by Crippen LogP contribution is 2.58. The SMILES string of the molecule is CC(C)c1ccccc1[C@@H]1COCCC12CC(N1CCN(c3ccc(C(=O)NS(=O)(=O)c4ccc(NCC5CCC(C)(O)CC5)c([N+](=O)[O-])c4)c(N4c5cc6c(F)c[nH]c6nc5O[C@H]5COCC[C@@H]54)c3)CC1)C2. The van der Waals surface area contributed by atoms with Crippen molar-refractivity contribution in [1.82, 2.24) is 19.6 Å². The lowest BCUT2D eigenvalue weighted by atomic mass is 9.54. The van der Waals surface area contributed by atoms with E-state index in [9.17, 15) is 28.4 Å². The van der Waals surface area contributed by atoms with Crippen molar-refractivity contribution >= 4 is 55.4 Å². The van der Waals surface area contributed by atoms with Gasteiger partial charge in [0.1, 0.15) is 28.9 Å². The van der Waals surface area contributed by atoms with E-state index >= 15 is 4.39 Å². The summed E-state index contributed by atoms with van der Waals surface area (Å²) >= 11 is 0. The first-order chi connectivity index (χ1) is 35.1. The highest BCUT2D eigenvalue weighted by atomic mass is 32.2. The summed E-state index contributed by atoms with van der Waals surface area (Å²) in [5, 5.41) is 26.1. The molecule has 6 heterocycles. The summed E-state index contributed by atoms with van der Waals surface area (Å²) in [5.74, 6) is -0.300. The number of piperazine rings is 1. The summed E-state index contributed by atoms with van der Waals surface area (Å²) in [6.45, 7) is 12.0. The van der Waals surface area contributed by atoms with Crippen LogP contribution in [0.25, 0.3) is 11.0 Å². The van der Waals surface area contributed by atoms with E-state index in [1.54, 1.807) is 19.1 Å². The molecule has 73 heavy (non-hydrogen) atoms. The lowest BCUT2D eigenvalue weighted by Gasteiger charge is -2.58. The summed E-state index contributed by atoms with van der Waals surface area (Å²) in [4.78, 5) is 40.3. The molecule has 17 nitrogen and oxygen atoms in total. The van der Waals surface area contributed by atoms with E-state index in [2.05, 4.69) is 67.9 Å². The van der Waals surface area contributed by atoms with Crippen molar-refractivity contribution < 1.29 is 41.8 Å². The number of aromatic nitrogens is 2. The topological polar surface area (TPSA) is 205 Å². The van der Waals surface area contributed by atoms with E-state index in [1.807, 2.05) is 17.0 Å². The van der Waals surface area contributed by atoms with Crippen molar-refractivity contribution in [3.05, 3.63) is 106 Å². The fraction of sp³-hybridized carbons (Fsp3) is 0.519. The summed E-state index contributed by atoms with van der Waals surface area (Å²) in [7, 11) is -4.68. The van der Waals surface area contributed by atoms with Gasteiger partial charge < -0.3 is 39.4 Å². The van der Waals surface area contributed by atoms with Gasteiger partial charge in [0, 0.05) is 75.8 Å². The van der Waals surface area contributed by atoms with Crippen molar-refractivity contribution in [2.75, 3.05) is 74.3 Å². The highest BCUT2D eigenvalue weighted by Gasteiger charge is 2.53. The second-order valence-electron chi connectivity index (χ2n) is 21.8.